The fraction of sp³-hybridized carbons (Fsp3) is 0.556. The van der Waals surface area contributed by atoms with Gasteiger partial charge in [-0.3, -0.25) is 4.79 Å². The Labute approximate surface area is 137 Å². The van der Waals surface area contributed by atoms with Crippen LogP contribution in [-0.2, 0) is 16.1 Å². The quantitative estimate of drug-likeness (QED) is 0.619. The first-order chi connectivity index (χ1) is 11.0. The summed E-state index contributed by atoms with van der Waals surface area (Å²) in [5.41, 5.74) is 3.22. The molecule has 1 aliphatic heterocycles. The van der Waals surface area contributed by atoms with E-state index in [-0.39, 0.29) is 11.9 Å². The van der Waals surface area contributed by atoms with E-state index < -0.39 is 0 Å². The van der Waals surface area contributed by atoms with Gasteiger partial charge >= 0.3 is 5.97 Å². The van der Waals surface area contributed by atoms with Gasteiger partial charge in [0.1, 0.15) is 0 Å². The molecule has 0 atom stereocenters. The van der Waals surface area contributed by atoms with Crippen molar-refractivity contribution < 1.29 is 14.3 Å². The first-order valence-electron chi connectivity index (χ1n) is 8.35. The molecule has 0 saturated carbocycles. The molecule has 1 saturated heterocycles. The van der Waals surface area contributed by atoms with Crippen molar-refractivity contribution in [1.82, 2.24) is 9.47 Å². The molecule has 2 rings (SSSR count). The third-order valence-electron chi connectivity index (χ3n) is 4.44. The van der Waals surface area contributed by atoms with Crippen molar-refractivity contribution in [1.29, 1.82) is 0 Å². The molecule has 0 aromatic carbocycles. The highest BCUT2D eigenvalue weighted by atomic mass is 16.5. The van der Waals surface area contributed by atoms with Crippen LogP contribution in [0.3, 0.4) is 0 Å². The molecule has 0 unspecified atom stereocenters. The van der Waals surface area contributed by atoms with Crippen LogP contribution in [0.2, 0.25) is 0 Å². The highest BCUT2D eigenvalue weighted by Crippen LogP contribution is 2.25. The summed E-state index contributed by atoms with van der Waals surface area (Å²) in [4.78, 5) is 26.4. The Kier molecular flexibility index (Phi) is 5.64. The van der Waals surface area contributed by atoms with Crippen LogP contribution < -0.4 is 0 Å². The number of rotatable bonds is 5. The maximum Gasteiger partial charge on any atom is 0.340 e. The standard InChI is InChI=1S/C18H26N2O3/c1-5-20-13(3)15(17(14(20)4)18(22)23-6-2)9-10-16(21)19-11-7-8-12-19/h9-10H,5-8,11-12H2,1-4H3/b10-9+. The summed E-state index contributed by atoms with van der Waals surface area (Å²) in [6.07, 6.45) is 5.48. The third kappa shape index (κ3) is 3.49. The zero-order valence-electron chi connectivity index (χ0n) is 14.5. The summed E-state index contributed by atoms with van der Waals surface area (Å²) in [7, 11) is 0. The van der Waals surface area contributed by atoms with Crippen molar-refractivity contribution in [3.63, 3.8) is 0 Å². The number of esters is 1. The van der Waals surface area contributed by atoms with Crippen LogP contribution in [-0.4, -0.2) is 41.0 Å². The van der Waals surface area contributed by atoms with Crippen molar-refractivity contribution in [3.8, 4) is 0 Å². The highest BCUT2D eigenvalue weighted by molar-refractivity contribution is 5.98. The van der Waals surface area contributed by atoms with E-state index in [0.717, 1.165) is 49.4 Å². The van der Waals surface area contributed by atoms with Gasteiger partial charge in [0.2, 0.25) is 5.91 Å². The zero-order chi connectivity index (χ0) is 17.0. The van der Waals surface area contributed by atoms with Gasteiger partial charge < -0.3 is 14.2 Å². The predicted molar refractivity (Wildman–Crippen MR) is 90.4 cm³/mol. The van der Waals surface area contributed by atoms with Crippen LogP contribution in [0, 0.1) is 13.8 Å². The molecule has 5 heteroatoms. The lowest BCUT2D eigenvalue weighted by atomic mass is 10.1. The summed E-state index contributed by atoms with van der Waals surface area (Å²) in [5, 5.41) is 0. The minimum Gasteiger partial charge on any atom is -0.462 e. The van der Waals surface area contributed by atoms with Gasteiger partial charge in [-0.15, -0.1) is 0 Å². The summed E-state index contributed by atoms with van der Waals surface area (Å²) in [5.74, 6) is -0.313. The van der Waals surface area contributed by atoms with Gasteiger partial charge in [0.15, 0.2) is 0 Å². The third-order valence-corrected chi connectivity index (χ3v) is 4.44. The number of likely N-dealkylation sites (tertiary alicyclic amines) is 1. The van der Waals surface area contributed by atoms with Crippen molar-refractivity contribution in [2.75, 3.05) is 19.7 Å². The van der Waals surface area contributed by atoms with E-state index in [2.05, 4.69) is 4.57 Å². The first kappa shape index (κ1) is 17.3. The van der Waals surface area contributed by atoms with E-state index in [1.54, 1.807) is 19.1 Å². The maximum atomic E-state index is 12.3. The van der Waals surface area contributed by atoms with Crippen LogP contribution in [0.5, 0.6) is 0 Å². The molecular weight excluding hydrogens is 292 g/mol. The number of carbonyl (C=O) groups is 2. The van der Waals surface area contributed by atoms with E-state index in [4.69, 9.17) is 4.74 Å². The molecule has 126 valence electrons. The SMILES string of the molecule is CCOC(=O)c1c(/C=C/C(=O)N2CCCC2)c(C)n(CC)c1C. The molecule has 0 N–H and O–H groups in total. The van der Waals surface area contributed by atoms with Crippen molar-refractivity contribution in [2.24, 2.45) is 0 Å². The van der Waals surface area contributed by atoms with Crippen molar-refractivity contribution >= 4 is 18.0 Å². The van der Waals surface area contributed by atoms with Crippen LogP contribution in [0.25, 0.3) is 6.08 Å². The Balaban J connectivity index is 2.35. The molecule has 1 aromatic heterocycles. The van der Waals surface area contributed by atoms with Gasteiger partial charge in [-0.1, -0.05) is 0 Å². The largest absolute Gasteiger partial charge is 0.462 e. The molecule has 0 spiro atoms. The van der Waals surface area contributed by atoms with E-state index in [1.165, 1.54) is 0 Å². The smallest absolute Gasteiger partial charge is 0.340 e. The fourth-order valence-corrected chi connectivity index (χ4v) is 3.24. The minimum absolute atomic E-state index is 0.0126. The molecule has 1 aromatic rings. The molecule has 5 nitrogen and oxygen atoms in total. The lowest BCUT2D eigenvalue weighted by Gasteiger charge is -2.11. The second kappa shape index (κ2) is 7.49. The van der Waals surface area contributed by atoms with Crippen molar-refractivity contribution in [3.05, 3.63) is 28.6 Å². The van der Waals surface area contributed by atoms with E-state index in [0.29, 0.717) is 12.2 Å². The fourth-order valence-electron chi connectivity index (χ4n) is 3.24. The van der Waals surface area contributed by atoms with Crippen LogP contribution in [0.4, 0.5) is 0 Å². The van der Waals surface area contributed by atoms with E-state index in [9.17, 15) is 9.59 Å². The Morgan fingerprint density at radius 1 is 1.13 bits per heavy atom. The molecule has 0 bridgehead atoms. The summed E-state index contributed by atoms with van der Waals surface area (Å²) < 4.78 is 7.26. The van der Waals surface area contributed by atoms with Crippen LogP contribution >= 0.6 is 0 Å². The molecule has 0 aliphatic carbocycles. The second-order valence-electron chi connectivity index (χ2n) is 5.79. The zero-order valence-corrected chi connectivity index (χ0v) is 14.5. The molecule has 2 heterocycles. The number of nitrogens with zero attached hydrogens (tertiary/aromatic N) is 2. The van der Waals surface area contributed by atoms with Gasteiger partial charge in [-0.2, -0.15) is 0 Å². The predicted octanol–water partition coefficient (Wildman–Crippen LogP) is 2.94. The average molecular weight is 318 g/mol. The van der Waals surface area contributed by atoms with Gasteiger partial charge in [-0.25, -0.2) is 4.79 Å². The van der Waals surface area contributed by atoms with Gasteiger partial charge in [0.25, 0.3) is 0 Å². The molecule has 1 aliphatic rings. The molecule has 0 radical (unpaired) electrons. The Bertz CT molecular complexity index is 623. The lowest BCUT2D eigenvalue weighted by Crippen LogP contribution is -2.25. The number of hydrogen-bond donors (Lipinski definition) is 0. The molecule has 1 fully saturated rings. The summed E-state index contributed by atoms with van der Waals surface area (Å²) in [6, 6.07) is 0. The number of aromatic nitrogens is 1. The topological polar surface area (TPSA) is 51.5 Å². The van der Waals surface area contributed by atoms with Crippen molar-refractivity contribution in [2.45, 2.75) is 47.1 Å². The average Bonchev–Trinajstić information content (AvgIpc) is 3.12. The highest BCUT2D eigenvalue weighted by Gasteiger charge is 2.22. The summed E-state index contributed by atoms with van der Waals surface area (Å²) in [6.45, 7) is 10.5. The van der Waals surface area contributed by atoms with E-state index in [1.807, 2.05) is 25.7 Å². The first-order valence-corrected chi connectivity index (χ1v) is 8.35. The Hall–Kier alpha value is -2.04. The molecular formula is C18H26N2O3. The van der Waals surface area contributed by atoms with Gasteiger partial charge in [0, 0.05) is 42.7 Å². The second-order valence-corrected chi connectivity index (χ2v) is 5.79. The Morgan fingerprint density at radius 3 is 2.35 bits per heavy atom. The number of hydrogen-bond acceptors (Lipinski definition) is 3. The maximum absolute atomic E-state index is 12.3. The normalized spacial score (nSPS) is 14.7. The van der Waals surface area contributed by atoms with Crippen LogP contribution in [0.15, 0.2) is 6.08 Å². The molecule has 23 heavy (non-hydrogen) atoms. The minimum atomic E-state index is -0.325. The monoisotopic (exact) mass is 318 g/mol. The summed E-state index contributed by atoms with van der Waals surface area (Å²) >= 11 is 0. The Morgan fingerprint density at radius 2 is 1.78 bits per heavy atom. The van der Waals surface area contributed by atoms with E-state index >= 15 is 0 Å². The van der Waals surface area contributed by atoms with Crippen LogP contribution in [0.1, 0.15) is 54.0 Å². The number of amides is 1. The number of carbonyl (C=O) groups excluding carboxylic acids is 2. The van der Waals surface area contributed by atoms with Gasteiger partial charge in [0.05, 0.1) is 12.2 Å². The number of ether oxygens (including phenoxy) is 1. The molecule has 1 amide bonds. The van der Waals surface area contributed by atoms with Gasteiger partial charge in [-0.05, 0) is 46.6 Å². The lowest BCUT2D eigenvalue weighted by molar-refractivity contribution is -0.124.